The third kappa shape index (κ3) is 3.56. The number of carbonyl (C=O) groups is 2. The average molecular weight is 324 g/mol. The predicted octanol–water partition coefficient (Wildman–Crippen LogP) is 1.88. The highest BCUT2D eigenvalue weighted by Crippen LogP contribution is 2.23. The van der Waals surface area contributed by atoms with E-state index < -0.39 is 0 Å². The number of amides is 2. The van der Waals surface area contributed by atoms with Crippen molar-refractivity contribution in [2.75, 3.05) is 20.2 Å². The minimum Gasteiger partial charge on any atom is -0.497 e. The van der Waals surface area contributed by atoms with Gasteiger partial charge in [0, 0.05) is 24.6 Å². The summed E-state index contributed by atoms with van der Waals surface area (Å²) >= 11 is 0. The number of hydrogen-bond donors (Lipinski definition) is 2. The van der Waals surface area contributed by atoms with Crippen LogP contribution in [0.4, 0.5) is 0 Å². The van der Waals surface area contributed by atoms with Gasteiger partial charge in [0.15, 0.2) is 0 Å². The SMILES string of the molecule is COc1cccc(CC(=O)NCC2CNC(=O)c3ccccc32)c1. The Hall–Kier alpha value is -2.82. The molecule has 1 heterocycles. The third-order valence-corrected chi connectivity index (χ3v) is 4.20. The normalized spacial score (nSPS) is 16.0. The molecule has 124 valence electrons. The Morgan fingerprint density at radius 2 is 2.08 bits per heavy atom. The van der Waals surface area contributed by atoms with E-state index in [-0.39, 0.29) is 17.7 Å². The van der Waals surface area contributed by atoms with Gasteiger partial charge in [-0.15, -0.1) is 0 Å². The molecule has 1 atom stereocenters. The number of hydrogen-bond acceptors (Lipinski definition) is 3. The van der Waals surface area contributed by atoms with Crippen LogP contribution in [0.1, 0.15) is 27.4 Å². The van der Waals surface area contributed by atoms with Crippen molar-refractivity contribution in [1.29, 1.82) is 0 Å². The maximum Gasteiger partial charge on any atom is 0.251 e. The summed E-state index contributed by atoms with van der Waals surface area (Å²) < 4.78 is 5.17. The van der Waals surface area contributed by atoms with Gasteiger partial charge in [0.25, 0.3) is 5.91 Å². The van der Waals surface area contributed by atoms with Crippen molar-refractivity contribution in [1.82, 2.24) is 10.6 Å². The third-order valence-electron chi connectivity index (χ3n) is 4.20. The van der Waals surface area contributed by atoms with Crippen LogP contribution >= 0.6 is 0 Å². The number of nitrogens with one attached hydrogen (secondary N) is 2. The summed E-state index contributed by atoms with van der Waals surface area (Å²) in [5.41, 5.74) is 2.59. The van der Waals surface area contributed by atoms with Gasteiger partial charge in [0.1, 0.15) is 5.75 Å². The Labute approximate surface area is 141 Å². The fraction of sp³-hybridized carbons (Fsp3) is 0.263. The van der Waals surface area contributed by atoms with E-state index >= 15 is 0 Å². The molecule has 1 unspecified atom stereocenters. The smallest absolute Gasteiger partial charge is 0.251 e. The molecule has 2 amide bonds. The summed E-state index contributed by atoms with van der Waals surface area (Å²) in [5, 5.41) is 5.83. The highest BCUT2D eigenvalue weighted by molar-refractivity contribution is 5.97. The van der Waals surface area contributed by atoms with Gasteiger partial charge >= 0.3 is 0 Å². The molecule has 0 bridgehead atoms. The number of methoxy groups -OCH3 is 1. The van der Waals surface area contributed by atoms with E-state index in [1.165, 1.54) is 0 Å². The van der Waals surface area contributed by atoms with Crippen LogP contribution in [0.5, 0.6) is 5.75 Å². The monoisotopic (exact) mass is 324 g/mol. The van der Waals surface area contributed by atoms with E-state index in [4.69, 9.17) is 4.74 Å². The van der Waals surface area contributed by atoms with Gasteiger partial charge in [-0.1, -0.05) is 30.3 Å². The molecule has 1 aliphatic rings. The maximum absolute atomic E-state index is 12.2. The maximum atomic E-state index is 12.2. The van der Waals surface area contributed by atoms with Crippen LogP contribution in [0.2, 0.25) is 0 Å². The number of carbonyl (C=O) groups excluding carboxylic acids is 2. The van der Waals surface area contributed by atoms with Crippen LogP contribution in [-0.4, -0.2) is 32.0 Å². The number of ether oxygens (including phenoxy) is 1. The molecule has 2 N–H and O–H groups in total. The quantitative estimate of drug-likeness (QED) is 0.882. The number of rotatable bonds is 5. The molecular formula is C19H20N2O3. The van der Waals surface area contributed by atoms with Gasteiger partial charge in [-0.25, -0.2) is 0 Å². The topological polar surface area (TPSA) is 67.4 Å². The van der Waals surface area contributed by atoms with Gasteiger partial charge < -0.3 is 15.4 Å². The second-order valence-corrected chi connectivity index (χ2v) is 5.83. The van der Waals surface area contributed by atoms with Crippen molar-refractivity contribution < 1.29 is 14.3 Å². The van der Waals surface area contributed by atoms with Crippen LogP contribution < -0.4 is 15.4 Å². The molecule has 0 saturated carbocycles. The summed E-state index contributed by atoms with van der Waals surface area (Å²) in [6, 6.07) is 15.0. The predicted molar refractivity (Wildman–Crippen MR) is 91.2 cm³/mol. The Balaban J connectivity index is 1.60. The molecule has 5 nitrogen and oxygen atoms in total. The Morgan fingerprint density at radius 1 is 1.25 bits per heavy atom. The largest absolute Gasteiger partial charge is 0.497 e. The van der Waals surface area contributed by atoms with Gasteiger partial charge in [0.05, 0.1) is 13.5 Å². The second-order valence-electron chi connectivity index (χ2n) is 5.83. The number of fused-ring (bicyclic) bond motifs is 1. The van der Waals surface area contributed by atoms with Gasteiger partial charge in [-0.3, -0.25) is 9.59 Å². The van der Waals surface area contributed by atoms with E-state index in [0.29, 0.717) is 25.1 Å². The van der Waals surface area contributed by atoms with Crippen LogP contribution in [0.3, 0.4) is 0 Å². The Bertz CT molecular complexity index is 758. The van der Waals surface area contributed by atoms with E-state index in [0.717, 1.165) is 16.9 Å². The van der Waals surface area contributed by atoms with Gasteiger partial charge in [-0.05, 0) is 29.3 Å². The first-order valence-electron chi connectivity index (χ1n) is 7.94. The minimum atomic E-state index is -0.0513. The fourth-order valence-corrected chi connectivity index (χ4v) is 2.93. The fourth-order valence-electron chi connectivity index (χ4n) is 2.93. The Kier molecular flexibility index (Phi) is 4.79. The lowest BCUT2D eigenvalue weighted by atomic mass is 9.90. The summed E-state index contributed by atoms with van der Waals surface area (Å²) in [5.74, 6) is 0.736. The molecule has 2 aromatic carbocycles. The molecule has 0 spiro atoms. The van der Waals surface area contributed by atoms with Crippen molar-refractivity contribution in [3.63, 3.8) is 0 Å². The van der Waals surface area contributed by atoms with E-state index in [2.05, 4.69) is 10.6 Å². The average Bonchev–Trinajstić information content (AvgIpc) is 2.61. The second kappa shape index (κ2) is 7.17. The van der Waals surface area contributed by atoms with Crippen molar-refractivity contribution in [2.24, 2.45) is 0 Å². The van der Waals surface area contributed by atoms with Crippen LogP contribution in [-0.2, 0) is 11.2 Å². The van der Waals surface area contributed by atoms with Crippen LogP contribution in [0.25, 0.3) is 0 Å². The van der Waals surface area contributed by atoms with Crippen LogP contribution in [0, 0.1) is 0 Å². The van der Waals surface area contributed by atoms with Gasteiger partial charge in [-0.2, -0.15) is 0 Å². The standard InChI is InChI=1S/C19H20N2O3/c1-24-15-6-4-5-13(9-15)10-18(22)20-11-14-12-21-19(23)17-8-3-2-7-16(14)17/h2-9,14H,10-12H2,1H3,(H,20,22)(H,21,23). The molecule has 0 aromatic heterocycles. The van der Waals surface area contributed by atoms with E-state index in [1.54, 1.807) is 7.11 Å². The summed E-state index contributed by atoms with van der Waals surface area (Å²) in [4.78, 5) is 24.1. The van der Waals surface area contributed by atoms with Crippen molar-refractivity contribution >= 4 is 11.8 Å². The minimum absolute atomic E-state index is 0.0439. The van der Waals surface area contributed by atoms with Crippen molar-refractivity contribution in [2.45, 2.75) is 12.3 Å². The van der Waals surface area contributed by atoms with Gasteiger partial charge in [0.2, 0.25) is 5.91 Å². The zero-order valence-corrected chi connectivity index (χ0v) is 13.5. The van der Waals surface area contributed by atoms with Crippen LogP contribution in [0.15, 0.2) is 48.5 Å². The molecule has 1 aliphatic heterocycles. The molecule has 24 heavy (non-hydrogen) atoms. The first-order valence-corrected chi connectivity index (χ1v) is 7.94. The lowest BCUT2D eigenvalue weighted by molar-refractivity contribution is -0.120. The molecule has 0 radical (unpaired) electrons. The lowest BCUT2D eigenvalue weighted by Crippen LogP contribution is -2.40. The molecule has 0 aliphatic carbocycles. The molecule has 5 heteroatoms. The first-order chi connectivity index (χ1) is 11.7. The molecule has 2 aromatic rings. The molecular weight excluding hydrogens is 304 g/mol. The van der Waals surface area contributed by atoms with E-state index in [1.807, 2.05) is 48.5 Å². The zero-order chi connectivity index (χ0) is 16.9. The summed E-state index contributed by atoms with van der Waals surface area (Å²) in [7, 11) is 1.61. The van der Waals surface area contributed by atoms with Crippen molar-refractivity contribution in [3.05, 3.63) is 65.2 Å². The summed E-state index contributed by atoms with van der Waals surface area (Å²) in [6.07, 6.45) is 0.303. The van der Waals surface area contributed by atoms with E-state index in [9.17, 15) is 9.59 Å². The number of benzene rings is 2. The Morgan fingerprint density at radius 3 is 2.92 bits per heavy atom. The highest BCUT2D eigenvalue weighted by atomic mass is 16.5. The van der Waals surface area contributed by atoms with Crippen molar-refractivity contribution in [3.8, 4) is 5.75 Å². The zero-order valence-electron chi connectivity index (χ0n) is 13.5. The highest BCUT2D eigenvalue weighted by Gasteiger charge is 2.24. The summed E-state index contributed by atoms with van der Waals surface area (Å²) in [6.45, 7) is 1.04. The molecule has 0 fully saturated rings. The molecule has 0 saturated heterocycles. The first kappa shape index (κ1) is 16.1. The lowest BCUT2D eigenvalue weighted by Gasteiger charge is -2.25. The molecule has 3 rings (SSSR count).